The van der Waals surface area contributed by atoms with Crippen molar-refractivity contribution in [1.29, 1.82) is 0 Å². The molecule has 1 N–H and O–H groups in total. The molecule has 1 aliphatic rings. The van der Waals surface area contributed by atoms with E-state index in [0.717, 1.165) is 31.6 Å². The average molecular weight is 617 g/mol. The van der Waals surface area contributed by atoms with Gasteiger partial charge in [-0.2, -0.15) is 0 Å². The van der Waals surface area contributed by atoms with Crippen molar-refractivity contribution in [3.05, 3.63) is 107 Å². The van der Waals surface area contributed by atoms with Crippen LogP contribution in [-0.2, 0) is 35.2 Å². The summed E-state index contributed by atoms with van der Waals surface area (Å²) in [6.45, 7) is 7.42. The van der Waals surface area contributed by atoms with Crippen LogP contribution in [0.4, 0.5) is 0 Å². The summed E-state index contributed by atoms with van der Waals surface area (Å²) in [6, 6.07) is 24.4. The highest BCUT2D eigenvalue weighted by Crippen LogP contribution is 2.44. The number of esters is 3. The molecule has 2 atom stereocenters. The quantitative estimate of drug-likeness (QED) is 0.0832. The minimum atomic E-state index is -2.07. The number of halogens is 1. The smallest absolute Gasteiger partial charge is 0.342 e. The fraction of sp³-hybridized carbons (Fsp3) is 0.242. The van der Waals surface area contributed by atoms with Crippen molar-refractivity contribution in [1.82, 2.24) is 5.32 Å². The highest BCUT2D eigenvalue weighted by atomic mass is 79.9. The zero-order valence-corrected chi connectivity index (χ0v) is 24.4. The van der Waals surface area contributed by atoms with Crippen molar-refractivity contribution in [2.24, 2.45) is 5.92 Å². The van der Waals surface area contributed by atoms with Crippen LogP contribution in [-0.4, -0.2) is 36.7 Å². The van der Waals surface area contributed by atoms with Crippen LogP contribution in [0.5, 0.6) is 0 Å². The van der Waals surface area contributed by atoms with Crippen LogP contribution in [0.2, 0.25) is 0 Å². The Morgan fingerprint density at radius 1 is 0.829 bits per heavy atom. The van der Waals surface area contributed by atoms with E-state index in [1.807, 2.05) is 60.7 Å². The molecule has 1 saturated heterocycles. The van der Waals surface area contributed by atoms with Crippen molar-refractivity contribution in [3.63, 3.8) is 0 Å². The van der Waals surface area contributed by atoms with Gasteiger partial charge in [0.05, 0.1) is 19.3 Å². The van der Waals surface area contributed by atoms with Crippen molar-refractivity contribution < 1.29 is 28.6 Å². The van der Waals surface area contributed by atoms with Crippen molar-refractivity contribution in [3.8, 4) is 0 Å². The highest BCUT2D eigenvalue weighted by molar-refractivity contribution is 9.10. The van der Waals surface area contributed by atoms with Crippen LogP contribution in [0.3, 0.4) is 0 Å². The lowest BCUT2D eigenvalue weighted by Gasteiger charge is -2.26. The van der Waals surface area contributed by atoms with Crippen LogP contribution >= 0.6 is 15.9 Å². The van der Waals surface area contributed by atoms with E-state index >= 15 is 0 Å². The van der Waals surface area contributed by atoms with Gasteiger partial charge in [0, 0.05) is 10.0 Å². The lowest BCUT2D eigenvalue weighted by molar-refractivity contribution is -0.163. The number of benzene rings is 4. The van der Waals surface area contributed by atoms with Gasteiger partial charge in [0.2, 0.25) is 5.54 Å². The molecular formula is C33H30BrNO6. The normalized spacial score (nSPS) is 17.9. The first kappa shape index (κ1) is 28.5. The van der Waals surface area contributed by atoms with Gasteiger partial charge in [0.1, 0.15) is 12.5 Å². The second-order valence-electron chi connectivity index (χ2n) is 9.77. The van der Waals surface area contributed by atoms with Gasteiger partial charge in [-0.05, 0) is 64.7 Å². The number of hydrogen-bond acceptors (Lipinski definition) is 7. The Bertz CT molecular complexity index is 1580. The van der Waals surface area contributed by atoms with E-state index in [2.05, 4.69) is 33.9 Å². The fourth-order valence-electron chi connectivity index (χ4n) is 5.51. The molecule has 1 heterocycles. The number of fused-ring (bicyclic) bond motifs is 2. The Kier molecular flexibility index (Phi) is 8.24. The van der Waals surface area contributed by atoms with E-state index in [0.29, 0.717) is 5.56 Å². The Morgan fingerprint density at radius 3 is 1.90 bits per heavy atom. The Morgan fingerprint density at radius 2 is 1.37 bits per heavy atom. The molecule has 0 bridgehead atoms. The van der Waals surface area contributed by atoms with E-state index < -0.39 is 35.4 Å². The zero-order valence-electron chi connectivity index (χ0n) is 22.8. The molecule has 2 unspecified atom stereocenters. The molecule has 4 aromatic rings. The van der Waals surface area contributed by atoms with Crippen molar-refractivity contribution >= 4 is 55.4 Å². The predicted molar refractivity (Wildman–Crippen MR) is 160 cm³/mol. The van der Waals surface area contributed by atoms with E-state index in [-0.39, 0.29) is 25.4 Å². The maximum absolute atomic E-state index is 14.0. The summed E-state index contributed by atoms with van der Waals surface area (Å²) in [6.07, 6.45) is 0. The van der Waals surface area contributed by atoms with Gasteiger partial charge in [-0.15, -0.1) is 0 Å². The first-order valence-corrected chi connectivity index (χ1v) is 14.2. The summed E-state index contributed by atoms with van der Waals surface area (Å²) in [5, 5.41) is 7.08. The molecule has 7 nitrogen and oxygen atoms in total. The van der Waals surface area contributed by atoms with Gasteiger partial charge >= 0.3 is 17.9 Å². The number of carbonyl (C=O) groups is 3. The summed E-state index contributed by atoms with van der Waals surface area (Å²) < 4.78 is 17.4. The van der Waals surface area contributed by atoms with Crippen molar-refractivity contribution in [2.45, 2.75) is 32.0 Å². The lowest BCUT2D eigenvalue weighted by Crippen LogP contribution is -2.57. The molecule has 0 amide bonds. The maximum atomic E-state index is 14.0. The van der Waals surface area contributed by atoms with Gasteiger partial charge in [-0.3, -0.25) is 10.1 Å². The maximum Gasteiger partial charge on any atom is 0.342 e. The molecule has 1 aliphatic heterocycles. The fourth-order valence-corrected chi connectivity index (χ4v) is 5.77. The molecule has 8 heteroatoms. The molecule has 0 aromatic heterocycles. The second kappa shape index (κ2) is 11.8. The number of ether oxygens (including phenoxy) is 3. The first-order valence-electron chi connectivity index (χ1n) is 13.4. The van der Waals surface area contributed by atoms with Crippen LogP contribution in [0, 0.1) is 5.92 Å². The number of nitrogens with one attached hydrogen (secondary N) is 1. The minimum absolute atomic E-state index is 0.0106. The summed E-state index contributed by atoms with van der Waals surface area (Å²) in [5.41, 5.74) is -0.511. The van der Waals surface area contributed by atoms with E-state index in [4.69, 9.17) is 14.2 Å². The molecule has 5 rings (SSSR count). The van der Waals surface area contributed by atoms with Gasteiger partial charge in [-0.1, -0.05) is 83.2 Å². The lowest BCUT2D eigenvalue weighted by atomic mass is 9.84. The molecule has 0 saturated carbocycles. The Balaban J connectivity index is 1.55. The van der Waals surface area contributed by atoms with Gasteiger partial charge in [-0.25, -0.2) is 9.59 Å². The molecule has 0 spiro atoms. The molecule has 0 aliphatic carbocycles. The van der Waals surface area contributed by atoms with E-state index in [1.165, 1.54) is 0 Å². The molecule has 41 heavy (non-hydrogen) atoms. The number of hydrogen-bond donors (Lipinski definition) is 1. The predicted octanol–water partition coefficient (Wildman–Crippen LogP) is 6.18. The minimum Gasteiger partial charge on any atom is -0.464 e. The largest absolute Gasteiger partial charge is 0.464 e. The van der Waals surface area contributed by atoms with Crippen molar-refractivity contribution in [2.75, 3.05) is 13.2 Å². The molecule has 4 aromatic carbocycles. The van der Waals surface area contributed by atoms with Crippen LogP contribution < -0.4 is 5.32 Å². The zero-order chi connectivity index (χ0) is 29.1. The van der Waals surface area contributed by atoms with Crippen LogP contribution in [0.1, 0.15) is 31.0 Å². The third kappa shape index (κ3) is 5.13. The summed E-state index contributed by atoms with van der Waals surface area (Å²) in [4.78, 5) is 40.7. The van der Waals surface area contributed by atoms with Crippen LogP contribution in [0.25, 0.3) is 21.5 Å². The molecule has 0 radical (unpaired) electrons. The topological polar surface area (TPSA) is 90.9 Å². The number of rotatable bonds is 8. The van der Waals surface area contributed by atoms with E-state index in [9.17, 15) is 14.4 Å². The van der Waals surface area contributed by atoms with Gasteiger partial charge in [0.25, 0.3) is 0 Å². The Hall–Kier alpha value is -4.01. The molecule has 1 fully saturated rings. The standard InChI is InChI=1S/C33H30BrNO6/c1-4-39-31(37)33(32(38)40-5-2)20(3)28(29(35-33)21-14-16-24(34)17-15-21)30(36)41-19-27-25-12-8-6-10-22(25)18-23-11-7-9-13-26(23)27/h6-18,28-29,35H,3-5,19H2,1-2H3. The second-order valence-corrected chi connectivity index (χ2v) is 10.7. The average Bonchev–Trinajstić information content (AvgIpc) is 3.29. The van der Waals surface area contributed by atoms with Crippen LogP contribution in [0.15, 0.2) is 95.5 Å². The third-order valence-electron chi connectivity index (χ3n) is 7.45. The first-order chi connectivity index (χ1) is 19.8. The summed E-state index contributed by atoms with van der Waals surface area (Å²) in [5.74, 6) is -3.45. The monoisotopic (exact) mass is 615 g/mol. The SMILES string of the molecule is C=C1C(C(=O)OCc2c3ccccc3cc3ccccc23)C(c2ccc(Br)cc2)NC1(C(=O)OCC)C(=O)OCC. The highest BCUT2D eigenvalue weighted by Gasteiger charge is 2.63. The molecular weight excluding hydrogens is 586 g/mol. The number of carbonyl (C=O) groups excluding carboxylic acids is 3. The summed E-state index contributed by atoms with van der Waals surface area (Å²) >= 11 is 3.43. The molecule has 210 valence electrons. The summed E-state index contributed by atoms with van der Waals surface area (Å²) in [7, 11) is 0. The van der Waals surface area contributed by atoms with Gasteiger partial charge in [0.15, 0.2) is 0 Å². The third-order valence-corrected chi connectivity index (χ3v) is 7.98. The van der Waals surface area contributed by atoms with E-state index in [1.54, 1.807) is 26.0 Å². The van der Waals surface area contributed by atoms with Gasteiger partial charge < -0.3 is 14.2 Å². The Labute approximate surface area is 246 Å².